The maximum Gasteiger partial charge on any atom is 0.205 e. The number of ether oxygens (including phenoxy) is 1. The number of anilines is 1. The number of hydrogen-bond donors (Lipinski definition) is 2. The lowest BCUT2D eigenvalue weighted by Gasteiger charge is -2.24. The van der Waals surface area contributed by atoms with Crippen LogP contribution in [0.2, 0.25) is 0 Å². The van der Waals surface area contributed by atoms with Crippen LogP contribution in [0.3, 0.4) is 0 Å². The van der Waals surface area contributed by atoms with Gasteiger partial charge in [0.25, 0.3) is 0 Å². The summed E-state index contributed by atoms with van der Waals surface area (Å²) in [6.45, 7) is 2.52. The van der Waals surface area contributed by atoms with Gasteiger partial charge in [0.1, 0.15) is 0 Å². The number of nitrogens with zero attached hydrogens (tertiary/aromatic N) is 2. The molecule has 4 rings (SSSR count). The molecule has 5 nitrogen and oxygen atoms in total. The molecule has 0 unspecified atom stereocenters. The molecule has 1 fully saturated rings. The molecule has 0 amide bonds. The molecule has 0 radical (unpaired) electrons. The van der Waals surface area contributed by atoms with Crippen molar-refractivity contribution in [1.82, 2.24) is 14.9 Å². The van der Waals surface area contributed by atoms with Crippen LogP contribution in [0.1, 0.15) is 11.7 Å². The van der Waals surface area contributed by atoms with E-state index in [9.17, 15) is 0 Å². The fourth-order valence-corrected chi connectivity index (χ4v) is 3.07. The number of morpholine rings is 1. The molecular formula is C19H20N4O. The first-order valence-electron chi connectivity index (χ1n) is 8.14. The number of aromatic nitrogens is 2. The van der Waals surface area contributed by atoms with E-state index in [1.165, 1.54) is 5.56 Å². The van der Waals surface area contributed by atoms with Crippen molar-refractivity contribution in [2.45, 2.75) is 6.10 Å². The van der Waals surface area contributed by atoms with Gasteiger partial charge in [-0.2, -0.15) is 0 Å². The van der Waals surface area contributed by atoms with Crippen LogP contribution in [-0.4, -0.2) is 29.2 Å². The topological polar surface area (TPSA) is 65.1 Å². The normalized spacial score (nSPS) is 17.8. The lowest BCUT2D eigenvalue weighted by molar-refractivity contribution is 0.0277. The molecule has 1 aliphatic rings. The highest BCUT2D eigenvalue weighted by Gasteiger charge is 2.16. The van der Waals surface area contributed by atoms with Crippen LogP contribution < -0.4 is 11.1 Å². The number of nitrogens with one attached hydrogen (secondary N) is 1. The Kier molecular flexibility index (Phi) is 4.02. The van der Waals surface area contributed by atoms with E-state index in [0.29, 0.717) is 5.95 Å². The SMILES string of the molecule is Nc1ncc(-c2ccccc2)n1-c1ccc([C@H]2CNCCO2)cc1. The summed E-state index contributed by atoms with van der Waals surface area (Å²) in [6, 6.07) is 18.5. The van der Waals surface area contributed by atoms with Gasteiger partial charge in [0, 0.05) is 24.3 Å². The van der Waals surface area contributed by atoms with Gasteiger partial charge in [0.05, 0.1) is 24.6 Å². The first kappa shape index (κ1) is 14.9. The van der Waals surface area contributed by atoms with Gasteiger partial charge in [-0.25, -0.2) is 4.98 Å². The summed E-state index contributed by atoms with van der Waals surface area (Å²) in [5, 5.41) is 3.35. The standard InChI is InChI=1S/C19H20N4O/c20-19-22-12-17(14-4-2-1-3-5-14)23(19)16-8-6-15(7-9-16)18-13-21-10-11-24-18/h1-9,12,18,21H,10-11,13H2,(H2,20,22)/t18-/m1/s1. The van der Waals surface area contributed by atoms with Crippen molar-refractivity contribution in [3.8, 4) is 16.9 Å². The molecule has 24 heavy (non-hydrogen) atoms. The third-order valence-corrected chi connectivity index (χ3v) is 4.31. The van der Waals surface area contributed by atoms with Crippen molar-refractivity contribution in [2.75, 3.05) is 25.4 Å². The maximum absolute atomic E-state index is 6.11. The third-order valence-electron chi connectivity index (χ3n) is 4.31. The van der Waals surface area contributed by atoms with Crippen molar-refractivity contribution >= 4 is 5.95 Å². The highest BCUT2D eigenvalue weighted by molar-refractivity contribution is 5.64. The molecule has 1 aromatic heterocycles. The fraction of sp³-hybridized carbons (Fsp3) is 0.211. The van der Waals surface area contributed by atoms with Crippen LogP contribution in [0.5, 0.6) is 0 Å². The lowest BCUT2D eigenvalue weighted by Crippen LogP contribution is -2.33. The Hall–Kier alpha value is -2.63. The van der Waals surface area contributed by atoms with Gasteiger partial charge >= 0.3 is 0 Å². The monoisotopic (exact) mass is 320 g/mol. The molecule has 1 aliphatic heterocycles. The first-order valence-corrected chi connectivity index (χ1v) is 8.14. The van der Waals surface area contributed by atoms with E-state index in [0.717, 1.165) is 36.6 Å². The van der Waals surface area contributed by atoms with E-state index < -0.39 is 0 Å². The van der Waals surface area contributed by atoms with Crippen molar-refractivity contribution in [3.05, 3.63) is 66.4 Å². The highest BCUT2D eigenvalue weighted by Crippen LogP contribution is 2.27. The van der Waals surface area contributed by atoms with Crippen molar-refractivity contribution in [1.29, 1.82) is 0 Å². The Bertz CT molecular complexity index is 805. The number of nitrogen functional groups attached to an aromatic ring is 1. The minimum absolute atomic E-state index is 0.113. The van der Waals surface area contributed by atoms with Gasteiger partial charge in [-0.3, -0.25) is 4.57 Å². The zero-order chi connectivity index (χ0) is 16.4. The molecule has 1 atom stereocenters. The van der Waals surface area contributed by atoms with Crippen molar-refractivity contribution in [2.24, 2.45) is 0 Å². The average Bonchev–Trinajstić information content (AvgIpc) is 3.05. The Morgan fingerprint density at radius 3 is 2.58 bits per heavy atom. The molecule has 1 saturated heterocycles. The molecule has 2 heterocycles. The quantitative estimate of drug-likeness (QED) is 0.779. The van der Waals surface area contributed by atoms with Crippen molar-refractivity contribution < 1.29 is 4.74 Å². The molecule has 0 bridgehead atoms. The molecule has 3 N–H and O–H groups in total. The molecule has 0 aliphatic carbocycles. The summed E-state index contributed by atoms with van der Waals surface area (Å²) >= 11 is 0. The van der Waals surface area contributed by atoms with E-state index in [4.69, 9.17) is 10.5 Å². The summed E-state index contributed by atoms with van der Waals surface area (Å²) < 4.78 is 7.78. The van der Waals surface area contributed by atoms with Crippen LogP contribution in [0.4, 0.5) is 5.95 Å². The second kappa shape index (κ2) is 6.47. The van der Waals surface area contributed by atoms with Gasteiger partial charge in [-0.05, 0) is 17.7 Å². The van der Waals surface area contributed by atoms with E-state index in [1.54, 1.807) is 0 Å². The van der Waals surface area contributed by atoms with Gasteiger partial charge in [-0.15, -0.1) is 0 Å². The zero-order valence-electron chi connectivity index (χ0n) is 13.4. The van der Waals surface area contributed by atoms with Gasteiger partial charge in [0.15, 0.2) is 0 Å². The minimum Gasteiger partial charge on any atom is -0.371 e. The Balaban J connectivity index is 1.68. The van der Waals surface area contributed by atoms with Crippen molar-refractivity contribution in [3.63, 3.8) is 0 Å². The van der Waals surface area contributed by atoms with E-state index in [-0.39, 0.29) is 6.10 Å². The van der Waals surface area contributed by atoms with Crippen LogP contribution in [0.15, 0.2) is 60.8 Å². The number of benzene rings is 2. The molecule has 0 saturated carbocycles. The average molecular weight is 320 g/mol. The summed E-state index contributed by atoms with van der Waals surface area (Å²) in [4.78, 5) is 4.29. The van der Waals surface area contributed by atoms with Crippen LogP contribution in [0.25, 0.3) is 16.9 Å². The Labute approximate surface area is 141 Å². The molecule has 0 spiro atoms. The van der Waals surface area contributed by atoms with E-state index in [2.05, 4.69) is 46.7 Å². The lowest BCUT2D eigenvalue weighted by atomic mass is 10.1. The predicted octanol–water partition coefficient (Wildman–Crippen LogP) is 2.78. The number of imidazole rings is 1. The minimum atomic E-state index is 0.113. The number of nitrogens with two attached hydrogens (primary N) is 1. The number of rotatable bonds is 3. The predicted molar refractivity (Wildman–Crippen MR) is 95.0 cm³/mol. The van der Waals surface area contributed by atoms with Crippen LogP contribution in [-0.2, 0) is 4.74 Å². The zero-order valence-corrected chi connectivity index (χ0v) is 13.4. The van der Waals surface area contributed by atoms with E-state index >= 15 is 0 Å². The summed E-state index contributed by atoms with van der Waals surface area (Å²) in [5.74, 6) is 0.484. The fourth-order valence-electron chi connectivity index (χ4n) is 3.07. The summed E-state index contributed by atoms with van der Waals surface area (Å²) in [7, 11) is 0. The summed E-state index contributed by atoms with van der Waals surface area (Å²) in [5.41, 5.74) is 10.3. The second-order valence-corrected chi connectivity index (χ2v) is 5.86. The Morgan fingerprint density at radius 1 is 1.08 bits per heavy atom. The van der Waals surface area contributed by atoms with Crippen LogP contribution in [0, 0.1) is 0 Å². The van der Waals surface area contributed by atoms with Gasteiger partial charge in [-0.1, -0.05) is 42.5 Å². The molecule has 3 aromatic rings. The summed E-state index contributed by atoms with van der Waals surface area (Å²) in [6.07, 6.45) is 1.92. The molecule has 122 valence electrons. The Morgan fingerprint density at radius 2 is 1.88 bits per heavy atom. The maximum atomic E-state index is 6.11. The van der Waals surface area contributed by atoms with E-state index in [1.807, 2.05) is 29.0 Å². The molecular weight excluding hydrogens is 300 g/mol. The largest absolute Gasteiger partial charge is 0.371 e. The third kappa shape index (κ3) is 2.79. The number of hydrogen-bond acceptors (Lipinski definition) is 4. The van der Waals surface area contributed by atoms with Gasteiger partial charge < -0.3 is 15.8 Å². The first-order chi connectivity index (χ1) is 11.8. The highest BCUT2D eigenvalue weighted by atomic mass is 16.5. The van der Waals surface area contributed by atoms with Gasteiger partial charge in [0.2, 0.25) is 5.95 Å². The molecule has 2 aromatic carbocycles. The smallest absolute Gasteiger partial charge is 0.205 e. The molecule has 5 heteroatoms. The van der Waals surface area contributed by atoms with Crippen LogP contribution >= 0.6 is 0 Å². The second-order valence-electron chi connectivity index (χ2n) is 5.86.